The lowest BCUT2D eigenvalue weighted by molar-refractivity contribution is -0.212. The molecule has 0 radical (unpaired) electrons. The van der Waals surface area contributed by atoms with Gasteiger partial charge in [0.15, 0.2) is 0 Å². The molecule has 2 aliphatic heterocycles. The number of hydrogen-bond acceptors (Lipinski definition) is 5. The lowest BCUT2D eigenvalue weighted by atomic mass is 9.80. The van der Waals surface area contributed by atoms with Crippen LogP contribution in [-0.4, -0.2) is 63.5 Å². The largest absolute Gasteiger partial charge is 0.390 e. The number of aromatic nitrogens is 1. The van der Waals surface area contributed by atoms with Gasteiger partial charge in [0.2, 0.25) is 0 Å². The van der Waals surface area contributed by atoms with Crippen molar-refractivity contribution in [3.8, 4) is 11.3 Å². The van der Waals surface area contributed by atoms with Crippen LogP contribution in [0.1, 0.15) is 29.6 Å². The molecule has 2 atom stereocenters. The number of carbonyl (C=O) groups excluding carboxylic acids is 1. The van der Waals surface area contributed by atoms with E-state index in [0.29, 0.717) is 44.5 Å². The molecule has 0 bridgehead atoms. The fourth-order valence-electron chi connectivity index (χ4n) is 4.78. The van der Waals surface area contributed by atoms with E-state index in [1.807, 2.05) is 65.6 Å². The number of para-hydroxylation sites is 1. The number of aliphatic hydroxyl groups is 2. The number of nitrogens with zero attached hydrogens (tertiary/aromatic N) is 2. The number of fused-ring (bicyclic) bond motifs is 1. The van der Waals surface area contributed by atoms with E-state index < -0.39 is 17.8 Å². The van der Waals surface area contributed by atoms with Crippen molar-refractivity contribution >= 4 is 16.8 Å². The SMILES string of the molecule is O=C(c1cc(-c2ccccc2)nc2ccccc12)N1CCC2(CC1)OCC[C@H](O)[C@@H]2O. The molecule has 0 unspecified atom stereocenters. The molecular weight excluding hydrogens is 392 g/mol. The number of likely N-dealkylation sites (tertiary alicyclic amines) is 1. The van der Waals surface area contributed by atoms with Crippen molar-refractivity contribution in [2.45, 2.75) is 37.1 Å². The van der Waals surface area contributed by atoms with E-state index in [9.17, 15) is 15.0 Å². The standard InChI is InChI=1S/C25H26N2O4/c28-22-10-15-31-25(23(22)29)11-13-27(14-12-25)24(30)19-16-21(17-6-2-1-3-7-17)26-20-9-5-4-8-18(19)20/h1-9,16,22-23,28-29H,10-15H2/t22-,23-/m0/s1. The van der Waals surface area contributed by atoms with Gasteiger partial charge in [0.25, 0.3) is 5.91 Å². The molecule has 0 aliphatic carbocycles. The molecule has 6 heteroatoms. The summed E-state index contributed by atoms with van der Waals surface area (Å²) in [5, 5.41) is 21.4. The van der Waals surface area contributed by atoms with E-state index in [1.165, 1.54) is 0 Å². The molecule has 3 heterocycles. The maximum atomic E-state index is 13.6. The van der Waals surface area contributed by atoms with Gasteiger partial charge in [0.05, 0.1) is 35.1 Å². The van der Waals surface area contributed by atoms with Crippen molar-refractivity contribution in [3.05, 3.63) is 66.2 Å². The first-order chi connectivity index (χ1) is 15.1. The number of carbonyl (C=O) groups is 1. The van der Waals surface area contributed by atoms with Crippen molar-refractivity contribution in [3.63, 3.8) is 0 Å². The molecule has 3 aromatic rings. The molecule has 1 spiro atoms. The van der Waals surface area contributed by atoms with E-state index >= 15 is 0 Å². The first-order valence-electron chi connectivity index (χ1n) is 10.8. The van der Waals surface area contributed by atoms with Crippen LogP contribution in [0.3, 0.4) is 0 Å². The predicted octanol–water partition coefficient (Wildman–Crippen LogP) is 3.02. The topological polar surface area (TPSA) is 82.9 Å². The molecule has 1 amide bonds. The molecule has 5 rings (SSSR count). The number of ether oxygens (including phenoxy) is 1. The van der Waals surface area contributed by atoms with Crippen LogP contribution in [0.2, 0.25) is 0 Å². The van der Waals surface area contributed by atoms with Crippen LogP contribution in [-0.2, 0) is 4.74 Å². The number of piperidine rings is 1. The van der Waals surface area contributed by atoms with E-state index in [4.69, 9.17) is 9.72 Å². The van der Waals surface area contributed by atoms with Crippen molar-refractivity contribution in [2.24, 2.45) is 0 Å². The Morgan fingerprint density at radius 1 is 1.03 bits per heavy atom. The number of hydrogen-bond donors (Lipinski definition) is 2. The molecule has 1 aromatic heterocycles. The second kappa shape index (κ2) is 8.04. The van der Waals surface area contributed by atoms with Gasteiger partial charge in [0.1, 0.15) is 6.10 Å². The summed E-state index contributed by atoms with van der Waals surface area (Å²) >= 11 is 0. The normalized spacial score (nSPS) is 23.2. The highest BCUT2D eigenvalue weighted by Crippen LogP contribution is 2.36. The highest BCUT2D eigenvalue weighted by molar-refractivity contribution is 6.07. The molecule has 0 saturated carbocycles. The van der Waals surface area contributed by atoms with Gasteiger partial charge in [-0.05, 0) is 31.4 Å². The summed E-state index contributed by atoms with van der Waals surface area (Å²) in [6, 6.07) is 19.4. The Balaban J connectivity index is 1.45. The van der Waals surface area contributed by atoms with Crippen LogP contribution in [0.15, 0.2) is 60.7 Å². The van der Waals surface area contributed by atoms with Gasteiger partial charge >= 0.3 is 0 Å². The summed E-state index contributed by atoms with van der Waals surface area (Å²) in [4.78, 5) is 20.1. The molecule has 2 aliphatic rings. The lowest BCUT2D eigenvalue weighted by Gasteiger charge is -2.48. The van der Waals surface area contributed by atoms with Gasteiger partial charge in [-0.2, -0.15) is 0 Å². The summed E-state index contributed by atoms with van der Waals surface area (Å²) in [7, 11) is 0. The average molecular weight is 418 g/mol. The minimum Gasteiger partial charge on any atom is -0.390 e. The fraction of sp³-hybridized carbons (Fsp3) is 0.360. The van der Waals surface area contributed by atoms with Gasteiger partial charge in [-0.25, -0.2) is 4.98 Å². The second-order valence-corrected chi connectivity index (χ2v) is 8.44. The van der Waals surface area contributed by atoms with Crippen molar-refractivity contribution < 1.29 is 19.7 Å². The minimum absolute atomic E-state index is 0.0449. The van der Waals surface area contributed by atoms with Gasteiger partial charge in [0, 0.05) is 24.0 Å². The maximum Gasteiger partial charge on any atom is 0.254 e. The van der Waals surface area contributed by atoms with Gasteiger partial charge in [-0.15, -0.1) is 0 Å². The van der Waals surface area contributed by atoms with Crippen LogP contribution in [0.5, 0.6) is 0 Å². The van der Waals surface area contributed by atoms with Crippen LogP contribution < -0.4 is 0 Å². The molecular formula is C25H26N2O4. The van der Waals surface area contributed by atoms with Gasteiger partial charge in [-0.3, -0.25) is 4.79 Å². The highest BCUT2D eigenvalue weighted by atomic mass is 16.5. The summed E-state index contributed by atoms with van der Waals surface area (Å²) in [5.74, 6) is -0.0449. The lowest BCUT2D eigenvalue weighted by Crippen LogP contribution is -2.60. The second-order valence-electron chi connectivity index (χ2n) is 8.44. The van der Waals surface area contributed by atoms with Crippen LogP contribution >= 0.6 is 0 Å². The Morgan fingerprint density at radius 2 is 1.74 bits per heavy atom. The van der Waals surface area contributed by atoms with E-state index in [-0.39, 0.29) is 5.91 Å². The summed E-state index contributed by atoms with van der Waals surface area (Å²) in [6.45, 7) is 1.38. The fourth-order valence-corrected chi connectivity index (χ4v) is 4.78. The molecule has 2 saturated heterocycles. The third-order valence-corrected chi connectivity index (χ3v) is 6.62. The molecule has 6 nitrogen and oxygen atoms in total. The summed E-state index contributed by atoms with van der Waals surface area (Å²) < 4.78 is 5.91. The first-order valence-corrected chi connectivity index (χ1v) is 10.8. The van der Waals surface area contributed by atoms with Gasteiger partial charge < -0.3 is 19.8 Å². The van der Waals surface area contributed by atoms with E-state index in [1.54, 1.807) is 0 Å². The Hall–Kier alpha value is -2.80. The quantitative estimate of drug-likeness (QED) is 0.669. The third kappa shape index (κ3) is 3.61. The number of aliphatic hydroxyl groups excluding tert-OH is 2. The zero-order valence-corrected chi connectivity index (χ0v) is 17.3. The molecule has 160 valence electrons. The third-order valence-electron chi connectivity index (χ3n) is 6.62. The Bertz CT molecular complexity index is 1090. The maximum absolute atomic E-state index is 13.6. The monoisotopic (exact) mass is 418 g/mol. The van der Waals surface area contributed by atoms with E-state index in [2.05, 4.69) is 0 Å². The Labute approximate surface area is 181 Å². The molecule has 2 N–H and O–H groups in total. The molecule has 2 aromatic carbocycles. The van der Waals surface area contributed by atoms with Crippen LogP contribution in [0.25, 0.3) is 22.2 Å². The average Bonchev–Trinajstić information content (AvgIpc) is 2.82. The zero-order valence-electron chi connectivity index (χ0n) is 17.3. The number of pyridine rings is 1. The minimum atomic E-state index is -0.912. The smallest absolute Gasteiger partial charge is 0.254 e. The highest BCUT2D eigenvalue weighted by Gasteiger charge is 2.48. The number of benzene rings is 2. The van der Waals surface area contributed by atoms with Crippen molar-refractivity contribution in [2.75, 3.05) is 19.7 Å². The Morgan fingerprint density at radius 3 is 2.52 bits per heavy atom. The predicted molar refractivity (Wildman–Crippen MR) is 118 cm³/mol. The van der Waals surface area contributed by atoms with E-state index in [0.717, 1.165) is 22.2 Å². The number of rotatable bonds is 2. The zero-order chi connectivity index (χ0) is 21.4. The van der Waals surface area contributed by atoms with Crippen LogP contribution in [0, 0.1) is 0 Å². The summed E-state index contributed by atoms with van der Waals surface area (Å²) in [5.41, 5.74) is 2.39. The van der Waals surface area contributed by atoms with Gasteiger partial charge in [-0.1, -0.05) is 48.5 Å². The van der Waals surface area contributed by atoms with Crippen molar-refractivity contribution in [1.29, 1.82) is 0 Å². The van der Waals surface area contributed by atoms with Crippen molar-refractivity contribution in [1.82, 2.24) is 9.88 Å². The molecule has 31 heavy (non-hydrogen) atoms. The Kier molecular flexibility index (Phi) is 5.22. The number of amides is 1. The first kappa shape index (κ1) is 20.1. The molecule has 2 fully saturated rings. The summed E-state index contributed by atoms with van der Waals surface area (Å²) in [6.07, 6.45) is -0.230. The van der Waals surface area contributed by atoms with Crippen LogP contribution in [0.4, 0.5) is 0 Å².